The fourth-order valence-corrected chi connectivity index (χ4v) is 3.18. The summed E-state index contributed by atoms with van der Waals surface area (Å²) in [6, 6.07) is 13.2. The Bertz CT molecular complexity index is 885. The van der Waals surface area contributed by atoms with Gasteiger partial charge in [0.1, 0.15) is 12.4 Å². The highest BCUT2D eigenvalue weighted by molar-refractivity contribution is 6.05. The molecule has 162 valence electrons. The fourth-order valence-electron chi connectivity index (χ4n) is 3.18. The molecule has 1 amide bonds. The Balaban J connectivity index is 1.67. The fraction of sp³-hybridized carbons (Fsp3) is 0.435. The van der Waals surface area contributed by atoms with Crippen LogP contribution in [0.1, 0.15) is 17.3 Å². The van der Waals surface area contributed by atoms with Crippen LogP contribution in [0.4, 0.5) is 17.1 Å². The lowest BCUT2D eigenvalue weighted by molar-refractivity contribution is 0.0645. The second kappa shape index (κ2) is 9.36. The third-order valence-electron chi connectivity index (χ3n) is 4.95. The van der Waals surface area contributed by atoms with Gasteiger partial charge in [0.2, 0.25) is 0 Å². The molecule has 30 heavy (non-hydrogen) atoms. The lowest BCUT2D eigenvalue weighted by Gasteiger charge is -2.36. The van der Waals surface area contributed by atoms with Crippen molar-refractivity contribution < 1.29 is 14.3 Å². The lowest BCUT2D eigenvalue weighted by Crippen LogP contribution is -2.48. The number of amides is 1. The minimum Gasteiger partial charge on any atom is -0.489 e. The van der Waals surface area contributed by atoms with Crippen molar-refractivity contribution in [3.63, 3.8) is 0 Å². The van der Waals surface area contributed by atoms with Crippen LogP contribution in [0.15, 0.2) is 42.5 Å². The van der Waals surface area contributed by atoms with E-state index in [9.17, 15) is 4.79 Å². The average molecular weight is 413 g/mol. The van der Waals surface area contributed by atoms with Crippen LogP contribution in [0.2, 0.25) is 0 Å². The maximum absolute atomic E-state index is 12.8. The zero-order valence-electron chi connectivity index (χ0n) is 18.5. The van der Waals surface area contributed by atoms with Gasteiger partial charge < -0.3 is 29.9 Å². The Hall–Kier alpha value is -2.77. The molecule has 1 heterocycles. The average Bonchev–Trinajstić information content (AvgIpc) is 2.70. The molecule has 0 fully saturated rings. The van der Waals surface area contributed by atoms with E-state index in [4.69, 9.17) is 9.47 Å². The molecule has 0 aromatic heterocycles. The van der Waals surface area contributed by atoms with Gasteiger partial charge in [0, 0.05) is 37.6 Å². The summed E-state index contributed by atoms with van der Waals surface area (Å²) >= 11 is 0. The Morgan fingerprint density at radius 3 is 2.73 bits per heavy atom. The summed E-state index contributed by atoms with van der Waals surface area (Å²) in [5.74, 6) is 0.580. The molecule has 0 saturated heterocycles. The van der Waals surface area contributed by atoms with Crippen LogP contribution in [0.3, 0.4) is 0 Å². The molecule has 7 heteroatoms. The van der Waals surface area contributed by atoms with Crippen LogP contribution >= 0.6 is 0 Å². The van der Waals surface area contributed by atoms with Crippen LogP contribution in [0, 0.1) is 0 Å². The lowest BCUT2D eigenvalue weighted by atomic mass is 10.0. The predicted octanol–water partition coefficient (Wildman–Crippen LogP) is 3.15. The molecule has 0 aliphatic carbocycles. The third kappa shape index (κ3) is 5.64. The van der Waals surface area contributed by atoms with E-state index in [-0.39, 0.29) is 11.4 Å². The van der Waals surface area contributed by atoms with Crippen LogP contribution in [0.25, 0.3) is 0 Å². The van der Waals surface area contributed by atoms with Crippen LogP contribution in [-0.4, -0.2) is 70.9 Å². The number of benzene rings is 2. The van der Waals surface area contributed by atoms with Crippen molar-refractivity contribution in [1.29, 1.82) is 0 Å². The van der Waals surface area contributed by atoms with Gasteiger partial charge in [-0.3, -0.25) is 4.79 Å². The number of nitrogens with zero attached hydrogens (tertiary/aromatic N) is 2. The normalized spacial score (nSPS) is 17.7. The van der Waals surface area contributed by atoms with Crippen molar-refractivity contribution in [3.05, 3.63) is 48.0 Å². The first-order chi connectivity index (χ1) is 14.3. The molecule has 0 bridgehead atoms. The van der Waals surface area contributed by atoms with E-state index >= 15 is 0 Å². The quantitative estimate of drug-likeness (QED) is 0.650. The van der Waals surface area contributed by atoms with Gasteiger partial charge in [-0.25, -0.2) is 0 Å². The largest absolute Gasteiger partial charge is 0.489 e. The molecule has 2 aromatic rings. The van der Waals surface area contributed by atoms with E-state index in [0.717, 1.165) is 29.4 Å². The van der Waals surface area contributed by atoms with Gasteiger partial charge in [-0.2, -0.15) is 0 Å². The number of nitrogens with one attached hydrogen (secondary N) is 2. The number of hydrogen-bond acceptors (Lipinski definition) is 6. The number of ether oxygens (including phenoxy) is 2. The molecule has 3 rings (SSSR count). The number of likely N-dealkylation sites (N-methyl/N-ethyl adjacent to an activating group) is 1. The van der Waals surface area contributed by atoms with Crippen LogP contribution < -0.4 is 20.3 Å². The highest BCUT2D eigenvalue weighted by Crippen LogP contribution is 2.33. The molecule has 0 radical (unpaired) electrons. The summed E-state index contributed by atoms with van der Waals surface area (Å²) in [4.78, 5) is 16.9. The van der Waals surface area contributed by atoms with Crippen molar-refractivity contribution in [3.8, 4) is 5.75 Å². The van der Waals surface area contributed by atoms with Crippen molar-refractivity contribution in [2.75, 3.05) is 70.1 Å². The standard InChI is InChI=1S/C23H32N4O3/c1-23(15-29-12-11-26(2)3)16-30-21-10-9-17(13-20(21)25-23)22(28)24-18-7-6-8-19(14-18)27(4)5/h6-10,13-14,25H,11-12,15-16H2,1-5H3,(H,24,28). The maximum atomic E-state index is 12.8. The van der Waals surface area contributed by atoms with Gasteiger partial charge in [-0.05, 0) is 57.4 Å². The summed E-state index contributed by atoms with van der Waals surface area (Å²) in [6.07, 6.45) is 0. The second-order valence-corrected chi connectivity index (χ2v) is 8.44. The minimum absolute atomic E-state index is 0.162. The van der Waals surface area contributed by atoms with Gasteiger partial charge >= 0.3 is 0 Å². The Morgan fingerprint density at radius 2 is 2.00 bits per heavy atom. The van der Waals surface area contributed by atoms with Gasteiger partial charge in [-0.1, -0.05) is 6.07 Å². The molecule has 2 aromatic carbocycles. The van der Waals surface area contributed by atoms with Crippen molar-refractivity contribution in [2.45, 2.75) is 12.5 Å². The Kier molecular flexibility index (Phi) is 6.84. The summed E-state index contributed by atoms with van der Waals surface area (Å²) in [5, 5.41) is 6.46. The number of hydrogen-bond donors (Lipinski definition) is 2. The molecule has 2 N–H and O–H groups in total. The summed E-state index contributed by atoms with van der Waals surface area (Å²) in [6.45, 7) is 4.61. The second-order valence-electron chi connectivity index (χ2n) is 8.44. The number of anilines is 3. The molecule has 0 saturated carbocycles. The van der Waals surface area contributed by atoms with E-state index in [0.29, 0.717) is 25.4 Å². The highest BCUT2D eigenvalue weighted by Gasteiger charge is 2.31. The Labute approximate surface area is 179 Å². The zero-order chi connectivity index (χ0) is 21.7. The molecule has 0 spiro atoms. The number of fused-ring (bicyclic) bond motifs is 1. The smallest absolute Gasteiger partial charge is 0.255 e. The SMILES string of the molecule is CN(C)CCOCC1(C)COc2ccc(C(=O)Nc3cccc(N(C)C)c3)cc2N1. The van der Waals surface area contributed by atoms with Crippen LogP contribution in [-0.2, 0) is 4.74 Å². The zero-order valence-corrected chi connectivity index (χ0v) is 18.5. The summed E-state index contributed by atoms with van der Waals surface area (Å²) in [5.41, 5.74) is 2.80. The minimum atomic E-state index is -0.353. The third-order valence-corrected chi connectivity index (χ3v) is 4.95. The van der Waals surface area contributed by atoms with Gasteiger partial charge in [0.05, 0.1) is 24.4 Å². The molecular weight excluding hydrogens is 380 g/mol. The molecule has 1 aliphatic heterocycles. The van der Waals surface area contributed by atoms with Crippen molar-refractivity contribution in [1.82, 2.24) is 4.90 Å². The first kappa shape index (κ1) is 21.9. The van der Waals surface area contributed by atoms with E-state index in [1.165, 1.54) is 0 Å². The molecule has 1 aliphatic rings. The van der Waals surface area contributed by atoms with Gasteiger partial charge in [0.25, 0.3) is 5.91 Å². The first-order valence-corrected chi connectivity index (χ1v) is 10.1. The molecule has 7 nitrogen and oxygen atoms in total. The number of carbonyl (C=O) groups excluding carboxylic acids is 1. The topological polar surface area (TPSA) is 66.1 Å². The Morgan fingerprint density at radius 1 is 1.20 bits per heavy atom. The number of rotatable bonds is 8. The van der Waals surface area contributed by atoms with Crippen molar-refractivity contribution in [2.24, 2.45) is 0 Å². The molecule has 1 atom stereocenters. The predicted molar refractivity (Wildman–Crippen MR) is 122 cm³/mol. The first-order valence-electron chi connectivity index (χ1n) is 10.1. The summed E-state index contributed by atoms with van der Waals surface area (Å²) in [7, 11) is 7.98. The number of carbonyl (C=O) groups is 1. The molecule has 1 unspecified atom stereocenters. The van der Waals surface area contributed by atoms with Crippen LogP contribution in [0.5, 0.6) is 5.75 Å². The van der Waals surface area contributed by atoms with Crippen molar-refractivity contribution >= 4 is 23.0 Å². The van der Waals surface area contributed by atoms with E-state index < -0.39 is 0 Å². The molecular formula is C23H32N4O3. The highest BCUT2D eigenvalue weighted by atomic mass is 16.5. The van der Waals surface area contributed by atoms with Gasteiger partial charge in [0.15, 0.2) is 0 Å². The maximum Gasteiger partial charge on any atom is 0.255 e. The summed E-state index contributed by atoms with van der Waals surface area (Å²) < 4.78 is 11.7. The van der Waals surface area contributed by atoms with E-state index in [2.05, 4.69) is 22.5 Å². The van der Waals surface area contributed by atoms with Gasteiger partial charge in [-0.15, -0.1) is 0 Å². The van der Waals surface area contributed by atoms with E-state index in [1.54, 1.807) is 6.07 Å². The van der Waals surface area contributed by atoms with E-state index in [1.807, 2.05) is 69.5 Å². The monoisotopic (exact) mass is 412 g/mol.